The minimum Gasteiger partial charge on any atom is -0.381 e. The van der Waals surface area contributed by atoms with Crippen LogP contribution in [-0.2, 0) is 6.54 Å². The van der Waals surface area contributed by atoms with E-state index in [1.165, 1.54) is 21.3 Å². The number of nitrogen functional groups attached to an aromatic ring is 1. The number of halogens is 1. The molecule has 0 spiro atoms. The van der Waals surface area contributed by atoms with Crippen LogP contribution >= 0.6 is 0 Å². The third kappa shape index (κ3) is 2.82. The number of amides is 1. The highest BCUT2D eigenvalue weighted by molar-refractivity contribution is 6.04. The van der Waals surface area contributed by atoms with E-state index in [0.29, 0.717) is 43.1 Å². The summed E-state index contributed by atoms with van der Waals surface area (Å²) in [5.41, 5.74) is 6.80. The molecule has 9 nitrogen and oxygen atoms in total. The van der Waals surface area contributed by atoms with Crippen LogP contribution in [-0.4, -0.2) is 38.2 Å². The third-order valence-electron chi connectivity index (χ3n) is 5.57. The topological polar surface area (TPSA) is 111 Å². The fraction of sp³-hybridized carbons (Fsp3) is 0.368. The Balaban J connectivity index is 1.71. The van der Waals surface area contributed by atoms with Gasteiger partial charge in [0.05, 0.1) is 6.04 Å². The molecular formula is C19H20FN7O2. The highest BCUT2D eigenvalue weighted by Crippen LogP contribution is 2.34. The Labute approximate surface area is 164 Å². The first-order chi connectivity index (χ1) is 14.0. The molecule has 3 N–H and O–H groups in total. The van der Waals surface area contributed by atoms with E-state index in [1.807, 2.05) is 4.90 Å². The largest absolute Gasteiger partial charge is 0.381 e. The van der Waals surface area contributed by atoms with Crippen LogP contribution in [0.15, 0.2) is 29.3 Å². The molecule has 4 bridgehead atoms. The predicted molar refractivity (Wildman–Crippen MR) is 104 cm³/mol. The number of rotatable bonds is 0. The van der Waals surface area contributed by atoms with Crippen LogP contribution in [0, 0.1) is 5.82 Å². The molecule has 1 amide bonds. The fourth-order valence-electron chi connectivity index (χ4n) is 4.24. The summed E-state index contributed by atoms with van der Waals surface area (Å²) in [5, 5.41) is 6.96. The van der Waals surface area contributed by atoms with Crippen LogP contribution in [0.5, 0.6) is 0 Å². The van der Waals surface area contributed by atoms with Crippen molar-refractivity contribution in [1.29, 1.82) is 0 Å². The molecule has 1 unspecified atom stereocenters. The average Bonchev–Trinajstić information content (AvgIpc) is 3.29. The molecule has 2 aliphatic rings. The summed E-state index contributed by atoms with van der Waals surface area (Å²) in [6.07, 6.45) is 4.95. The molecule has 1 saturated heterocycles. The van der Waals surface area contributed by atoms with Gasteiger partial charge in [0.15, 0.2) is 11.5 Å². The number of aromatic nitrogens is 4. The van der Waals surface area contributed by atoms with Crippen molar-refractivity contribution in [3.63, 3.8) is 0 Å². The molecule has 150 valence electrons. The summed E-state index contributed by atoms with van der Waals surface area (Å²) in [7, 11) is 0. The lowest BCUT2D eigenvalue weighted by Crippen LogP contribution is -2.33. The molecule has 5 heterocycles. The van der Waals surface area contributed by atoms with Gasteiger partial charge in [0.25, 0.3) is 11.5 Å². The number of hydrogen-bond acceptors (Lipinski definition) is 6. The molecule has 10 heteroatoms. The molecule has 2 aliphatic heterocycles. The number of carbonyl (C=O) groups is 1. The first-order valence-electron chi connectivity index (χ1n) is 9.62. The van der Waals surface area contributed by atoms with E-state index in [0.717, 1.165) is 12.8 Å². The summed E-state index contributed by atoms with van der Waals surface area (Å²) in [5.74, 6) is -0.108. The van der Waals surface area contributed by atoms with E-state index in [4.69, 9.17) is 5.73 Å². The van der Waals surface area contributed by atoms with Crippen LogP contribution in [0.1, 0.15) is 41.2 Å². The number of anilines is 2. The van der Waals surface area contributed by atoms with Crippen molar-refractivity contribution < 1.29 is 9.18 Å². The van der Waals surface area contributed by atoms with Crippen molar-refractivity contribution in [3.8, 4) is 0 Å². The summed E-state index contributed by atoms with van der Waals surface area (Å²) < 4.78 is 17.1. The van der Waals surface area contributed by atoms with Crippen molar-refractivity contribution in [3.05, 3.63) is 51.8 Å². The zero-order valence-corrected chi connectivity index (χ0v) is 15.6. The minimum absolute atomic E-state index is 0.112. The van der Waals surface area contributed by atoms with Gasteiger partial charge in [-0.15, -0.1) is 5.10 Å². The molecule has 1 fully saturated rings. The Morgan fingerprint density at radius 1 is 1.24 bits per heavy atom. The number of pyridine rings is 1. The van der Waals surface area contributed by atoms with E-state index in [1.54, 1.807) is 12.3 Å². The van der Waals surface area contributed by atoms with Gasteiger partial charge in [-0.1, -0.05) is 0 Å². The highest BCUT2D eigenvalue weighted by Gasteiger charge is 2.31. The lowest BCUT2D eigenvalue weighted by molar-refractivity contribution is 0.0955. The Morgan fingerprint density at radius 3 is 2.97 bits per heavy atom. The molecule has 0 aliphatic carbocycles. The SMILES string of the molecule is Nc1nn2ccc3nc2c1C(=O)NCCCn1cc(F)cc(c1=O)C1CCCN31. The lowest BCUT2D eigenvalue weighted by Gasteiger charge is -2.26. The summed E-state index contributed by atoms with van der Waals surface area (Å²) in [6, 6.07) is 2.82. The molecule has 3 aromatic heterocycles. The van der Waals surface area contributed by atoms with Crippen LogP contribution in [0.3, 0.4) is 0 Å². The second kappa shape index (κ2) is 6.57. The van der Waals surface area contributed by atoms with Crippen molar-refractivity contribution in [2.24, 2.45) is 0 Å². The van der Waals surface area contributed by atoms with Gasteiger partial charge in [-0.25, -0.2) is 13.9 Å². The minimum atomic E-state index is -0.447. The van der Waals surface area contributed by atoms with E-state index < -0.39 is 5.82 Å². The van der Waals surface area contributed by atoms with Gasteiger partial charge in [0, 0.05) is 37.6 Å². The van der Waals surface area contributed by atoms with E-state index in [-0.39, 0.29) is 28.9 Å². The number of nitrogens with one attached hydrogen (secondary N) is 1. The van der Waals surface area contributed by atoms with Gasteiger partial charge >= 0.3 is 0 Å². The van der Waals surface area contributed by atoms with Crippen molar-refractivity contribution in [2.45, 2.75) is 31.8 Å². The highest BCUT2D eigenvalue weighted by atomic mass is 19.1. The monoisotopic (exact) mass is 397 g/mol. The Morgan fingerprint density at radius 2 is 2.10 bits per heavy atom. The second-order valence-corrected chi connectivity index (χ2v) is 7.39. The maximum Gasteiger partial charge on any atom is 0.258 e. The number of hydrogen-bond donors (Lipinski definition) is 2. The molecular weight excluding hydrogens is 377 g/mol. The summed E-state index contributed by atoms with van der Waals surface area (Å²) in [4.78, 5) is 32.3. The van der Waals surface area contributed by atoms with Gasteiger partial charge in [0.1, 0.15) is 17.2 Å². The molecule has 29 heavy (non-hydrogen) atoms. The molecule has 0 saturated carbocycles. The molecule has 5 rings (SSSR count). The molecule has 3 aromatic rings. The van der Waals surface area contributed by atoms with Crippen LogP contribution in [0.4, 0.5) is 16.0 Å². The van der Waals surface area contributed by atoms with E-state index in [9.17, 15) is 14.0 Å². The summed E-state index contributed by atoms with van der Waals surface area (Å²) in [6.45, 7) is 1.29. The summed E-state index contributed by atoms with van der Waals surface area (Å²) >= 11 is 0. The van der Waals surface area contributed by atoms with Crippen LogP contribution in [0.2, 0.25) is 0 Å². The predicted octanol–water partition coefficient (Wildman–Crippen LogP) is 1.09. The first kappa shape index (κ1) is 17.7. The molecule has 0 radical (unpaired) electrons. The Hall–Kier alpha value is -3.43. The molecule has 1 atom stereocenters. The van der Waals surface area contributed by atoms with Crippen molar-refractivity contribution in [2.75, 3.05) is 23.7 Å². The van der Waals surface area contributed by atoms with Crippen molar-refractivity contribution in [1.82, 2.24) is 24.5 Å². The Kier molecular flexibility index (Phi) is 4.00. The number of nitrogens with two attached hydrogens (primary N) is 1. The van der Waals surface area contributed by atoms with Crippen molar-refractivity contribution >= 4 is 23.2 Å². The van der Waals surface area contributed by atoms with Gasteiger partial charge in [0.2, 0.25) is 0 Å². The van der Waals surface area contributed by atoms with Gasteiger partial charge in [-0.3, -0.25) is 9.59 Å². The van der Waals surface area contributed by atoms with Gasteiger partial charge in [-0.2, -0.15) is 0 Å². The average molecular weight is 397 g/mol. The quantitative estimate of drug-likeness (QED) is 0.588. The Bertz CT molecular complexity index is 1190. The van der Waals surface area contributed by atoms with E-state index in [2.05, 4.69) is 15.4 Å². The number of carbonyl (C=O) groups excluding carboxylic acids is 1. The first-order valence-corrected chi connectivity index (χ1v) is 9.62. The maximum atomic E-state index is 14.3. The fourth-order valence-corrected chi connectivity index (χ4v) is 4.24. The standard InChI is InChI=1S/C19H20FN7O2/c20-11-9-12-13-3-1-7-26(13)14-4-8-27-17(23-14)15(16(21)24-27)18(28)22-5-2-6-25(10-11)19(12)29/h4,8-10,13H,1-3,5-7H2,(H2,21,24)(H,22,28). The van der Waals surface area contributed by atoms with Gasteiger partial charge in [-0.05, 0) is 31.4 Å². The number of nitrogens with zero attached hydrogens (tertiary/aromatic N) is 5. The van der Waals surface area contributed by atoms with Crippen LogP contribution in [0.25, 0.3) is 5.65 Å². The second-order valence-electron chi connectivity index (χ2n) is 7.39. The lowest BCUT2D eigenvalue weighted by atomic mass is 10.1. The normalized spacial score (nSPS) is 19.3. The zero-order valence-electron chi connectivity index (χ0n) is 15.6. The van der Waals surface area contributed by atoms with E-state index >= 15 is 0 Å². The van der Waals surface area contributed by atoms with Gasteiger partial charge < -0.3 is 20.5 Å². The van der Waals surface area contributed by atoms with Crippen LogP contribution < -0.4 is 21.5 Å². The maximum absolute atomic E-state index is 14.3. The zero-order chi connectivity index (χ0) is 20.1. The number of aryl methyl sites for hydroxylation is 1. The third-order valence-corrected chi connectivity index (χ3v) is 5.57. The smallest absolute Gasteiger partial charge is 0.258 e. The molecule has 0 aromatic carbocycles. The number of fused-ring (bicyclic) bond motifs is 6.